The standard InChI is InChI=1S/C20H23ClN4O3/c1-25(2,3)11-12-8-13(6-7-16(12)26)22-19-14-9-17(27-4)18(28-5)10-15(14)23-20(21)24-19/h6-10H,11H2,1-5H3,(H-,22,23,24,26)/p+1. The molecule has 0 spiro atoms. The van der Waals surface area contributed by atoms with Crippen molar-refractivity contribution in [3.8, 4) is 17.2 Å². The fraction of sp³-hybridized carbons (Fsp3) is 0.300. The summed E-state index contributed by atoms with van der Waals surface area (Å²) in [4.78, 5) is 8.61. The van der Waals surface area contributed by atoms with Gasteiger partial charge in [0.1, 0.15) is 18.1 Å². The highest BCUT2D eigenvalue weighted by Crippen LogP contribution is 2.36. The summed E-state index contributed by atoms with van der Waals surface area (Å²) in [6.45, 7) is 0.678. The number of methoxy groups -OCH3 is 2. The molecule has 2 N–H and O–H groups in total. The number of nitrogens with one attached hydrogen (secondary N) is 1. The van der Waals surface area contributed by atoms with Crippen LogP contribution in [-0.2, 0) is 6.54 Å². The second kappa shape index (κ2) is 7.69. The van der Waals surface area contributed by atoms with Crippen LogP contribution in [-0.4, -0.2) is 54.9 Å². The van der Waals surface area contributed by atoms with Crippen molar-refractivity contribution in [2.75, 3.05) is 40.7 Å². The predicted molar refractivity (Wildman–Crippen MR) is 111 cm³/mol. The molecule has 28 heavy (non-hydrogen) atoms. The number of anilines is 2. The maximum absolute atomic E-state index is 10.2. The third-order valence-corrected chi connectivity index (χ3v) is 4.33. The van der Waals surface area contributed by atoms with E-state index in [1.165, 1.54) is 0 Å². The molecule has 1 aromatic heterocycles. The Labute approximate surface area is 169 Å². The summed E-state index contributed by atoms with van der Waals surface area (Å²) in [6.07, 6.45) is 0. The molecule has 0 atom stereocenters. The second-order valence-electron chi connectivity index (χ2n) is 7.48. The van der Waals surface area contributed by atoms with Gasteiger partial charge in [-0.3, -0.25) is 0 Å². The van der Waals surface area contributed by atoms with E-state index in [1.54, 1.807) is 38.5 Å². The number of hydrogen-bond donors (Lipinski definition) is 2. The van der Waals surface area contributed by atoms with Gasteiger partial charge in [-0.05, 0) is 35.9 Å². The molecule has 0 saturated heterocycles. The molecule has 0 amide bonds. The minimum atomic E-state index is 0.118. The first-order chi connectivity index (χ1) is 13.2. The van der Waals surface area contributed by atoms with E-state index in [0.29, 0.717) is 33.9 Å². The zero-order valence-corrected chi connectivity index (χ0v) is 17.3. The summed E-state index contributed by atoms with van der Waals surface area (Å²) in [5.41, 5.74) is 2.25. The summed E-state index contributed by atoms with van der Waals surface area (Å²) in [5.74, 6) is 1.93. The second-order valence-corrected chi connectivity index (χ2v) is 7.82. The van der Waals surface area contributed by atoms with Gasteiger partial charge in [-0.15, -0.1) is 0 Å². The van der Waals surface area contributed by atoms with Gasteiger partial charge in [0, 0.05) is 17.1 Å². The smallest absolute Gasteiger partial charge is 0.224 e. The van der Waals surface area contributed by atoms with Crippen LogP contribution in [0.15, 0.2) is 30.3 Å². The molecule has 3 rings (SSSR count). The first kappa shape index (κ1) is 20.0. The molecular weight excluding hydrogens is 380 g/mol. The first-order valence-electron chi connectivity index (χ1n) is 8.69. The third-order valence-electron chi connectivity index (χ3n) is 4.16. The number of quaternary nitrogens is 1. The Kier molecular flexibility index (Phi) is 5.49. The van der Waals surface area contributed by atoms with Crippen LogP contribution < -0.4 is 14.8 Å². The van der Waals surface area contributed by atoms with Gasteiger partial charge >= 0.3 is 0 Å². The summed E-state index contributed by atoms with van der Waals surface area (Å²) in [7, 11) is 9.34. The molecule has 0 aliphatic heterocycles. The van der Waals surface area contributed by atoms with Crippen molar-refractivity contribution < 1.29 is 19.1 Å². The lowest BCUT2D eigenvalue weighted by Gasteiger charge is -2.24. The summed E-state index contributed by atoms with van der Waals surface area (Å²) in [6, 6.07) is 8.92. The van der Waals surface area contributed by atoms with Gasteiger partial charge in [0.25, 0.3) is 0 Å². The Morgan fingerprint density at radius 1 is 1.04 bits per heavy atom. The molecule has 8 heteroatoms. The van der Waals surface area contributed by atoms with Crippen molar-refractivity contribution in [2.45, 2.75) is 6.54 Å². The molecule has 0 aliphatic carbocycles. The maximum atomic E-state index is 10.2. The van der Waals surface area contributed by atoms with Crippen LogP contribution in [0.4, 0.5) is 11.5 Å². The average Bonchev–Trinajstić information content (AvgIpc) is 2.62. The minimum absolute atomic E-state index is 0.118. The number of aromatic nitrogens is 2. The third kappa shape index (κ3) is 4.37. The molecule has 7 nitrogen and oxygen atoms in total. The van der Waals surface area contributed by atoms with Crippen LogP contribution in [0.25, 0.3) is 10.9 Å². The Morgan fingerprint density at radius 2 is 1.71 bits per heavy atom. The van der Waals surface area contributed by atoms with Crippen LogP contribution in [0.5, 0.6) is 17.2 Å². The normalized spacial score (nSPS) is 11.5. The largest absolute Gasteiger partial charge is 0.507 e. The molecule has 0 aliphatic rings. The molecule has 3 aromatic rings. The van der Waals surface area contributed by atoms with Gasteiger partial charge < -0.3 is 24.4 Å². The highest BCUT2D eigenvalue weighted by Gasteiger charge is 2.16. The molecule has 0 radical (unpaired) electrons. The van der Waals surface area contributed by atoms with Crippen molar-refractivity contribution in [3.05, 3.63) is 41.2 Å². The van der Waals surface area contributed by atoms with Crippen molar-refractivity contribution in [1.82, 2.24) is 9.97 Å². The van der Waals surface area contributed by atoms with Crippen LogP contribution in [0.2, 0.25) is 5.28 Å². The lowest BCUT2D eigenvalue weighted by Crippen LogP contribution is -2.33. The van der Waals surface area contributed by atoms with E-state index in [2.05, 4.69) is 36.4 Å². The molecule has 148 valence electrons. The highest BCUT2D eigenvalue weighted by molar-refractivity contribution is 6.28. The number of rotatable bonds is 6. The monoisotopic (exact) mass is 403 g/mol. The number of fused-ring (bicyclic) bond motifs is 1. The van der Waals surface area contributed by atoms with Crippen LogP contribution in [0.3, 0.4) is 0 Å². The van der Waals surface area contributed by atoms with E-state index < -0.39 is 0 Å². The number of halogens is 1. The van der Waals surface area contributed by atoms with E-state index in [1.807, 2.05) is 6.07 Å². The number of phenolic OH excluding ortho intramolecular Hbond substituents is 1. The van der Waals surface area contributed by atoms with Gasteiger partial charge in [0.15, 0.2) is 11.5 Å². The molecule has 1 heterocycles. The number of nitrogens with zero attached hydrogens (tertiary/aromatic N) is 3. The lowest BCUT2D eigenvalue weighted by atomic mass is 10.1. The first-order valence-corrected chi connectivity index (χ1v) is 9.06. The number of ether oxygens (including phenoxy) is 2. The Hall–Kier alpha value is -2.77. The quantitative estimate of drug-likeness (QED) is 0.368. The topological polar surface area (TPSA) is 76.5 Å². The van der Waals surface area contributed by atoms with Gasteiger partial charge in [0.05, 0.1) is 46.4 Å². The van der Waals surface area contributed by atoms with E-state index in [-0.39, 0.29) is 11.0 Å². The van der Waals surface area contributed by atoms with E-state index in [4.69, 9.17) is 21.1 Å². The van der Waals surface area contributed by atoms with Crippen molar-refractivity contribution >= 4 is 34.0 Å². The zero-order valence-electron chi connectivity index (χ0n) is 16.6. The van der Waals surface area contributed by atoms with Gasteiger partial charge in [-0.2, -0.15) is 4.98 Å². The van der Waals surface area contributed by atoms with E-state index in [9.17, 15) is 5.11 Å². The number of hydrogen-bond acceptors (Lipinski definition) is 6. The van der Waals surface area contributed by atoms with Crippen LogP contribution in [0.1, 0.15) is 5.56 Å². The number of aromatic hydroxyl groups is 1. The summed E-state index contributed by atoms with van der Waals surface area (Å²) < 4.78 is 11.4. The van der Waals surface area contributed by atoms with E-state index in [0.717, 1.165) is 16.6 Å². The zero-order chi connectivity index (χ0) is 20.5. The molecular formula is C20H24ClN4O3+. The SMILES string of the molecule is COc1cc2nc(Cl)nc(Nc3ccc(O)c(C[N+](C)(C)C)c3)c2cc1OC. The van der Waals surface area contributed by atoms with Crippen LogP contribution in [0, 0.1) is 0 Å². The molecule has 0 bridgehead atoms. The Balaban J connectivity index is 2.06. The number of phenols is 1. The highest BCUT2D eigenvalue weighted by atomic mass is 35.5. The Bertz CT molecular complexity index is 1020. The molecule has 0 fully saturated rings. The predicted octanol–water partition coefficient (Wildman–Crippen LogP) is 3.96. The summed E-state index contributed by atoms with van der Waals surface area (Å²) in [5, 5.41) is 14.3. The lowest BCUT2D eigenvalue weighted by molar-refractivity contribution is -0.884. The fourth-order valence-electron chi connectivity index (χ4n) is 2.96. The summed E-state index contributed by atoms with van der Waals surface area (Å²) >= 11 is 6.13. The fourth-order valence-corrected chi connectivity index (χ4v) is 3.14. The Morgan fingerprint density at radius 3 is 2.36 bits per heavy atom. The average molecular weight is 404 g/mol. The van der Waals surface area contributed by atoms with Crippen molar-refractivity contribution in [2.24, 2.45) is 0 Å². The molecule has 2 aromatic carbocycles. The van der Waals surface area contributed by atoms with Gasteiger partial charge in [0.2, 0.25) is 5.28 Å². The molecule has 0 saturated carbocycles. The van der Waals surface area contributed by atoms with Crippen LogP contribution >= 0.6 is 11.6 Å². The van der Waals surface area contributed by atoms with E-state index >= 15 is 0 Å². The minimum Gasteiger partial charge on any atom is -0.507 e. The van der Waals surface area contributed by atoms with Crippen molar-refractivity contribution in [1.29, 1.82) is 0 Å². The van der Waals surface area contributed by atoms with Crippen molar-refractivity contribution in [3.63, 3.8) is 0 Å². The number of benzene rings is 2. The van der Waals surface area contributed by atoms with Gasteiger partial charge in [-0.25, -0.2) is 4.98 Å². The maximum Gasteiger partial charge on any atom is 0.224 e. The van der Waals surface area contributed by atoms with Gasteiger partial charge in [-0.1, -0.05) is 0 Å². The molecule has 0 unspecified atom stereocenters.